The Morgan fingerprint density at radius 1 is 1.62 bits per heavy atom. The highest BCUT2D eigenvalue weighted by molar-refractivity contribution is 6.31. The van der Waals surface area contributed by atoms with Crippen molar-refractivity contribution in [2.24, 2.45) is 0 Å². The number of ether oxygens (including phenoxy) is 1. The van der Waals surface area contributed by atoms with E-state index in [1.807, 2.05) is 6.07 Å². The number of aliphatic carboxylic acids is 1. The van der Waals surface area contributed by atoms with Crippen LogP contribution >= 0.6 is 0 Å². The number of carboxylic acid groups (broad SMARTS) is 1. The number of carbonyl (C=O) groups is 2. The van der Waals surface area contributed by atoms with Crippen LogP contribution in [0.3, 0.4) is 0 Å². The van der Waals surface area contributed by atoms with Gasteiger partial charge in [0, 0.05) is 6.54 Å². The van der Waals surface area contributed by atoms with Gasteiger partial charge in [-0.05, 0) is 0 Å². The maximum absolute atomic E-state index is 10.9. The standard InChI is InChI=1S/C7H8N2O4/c8-3-5-4-9(1-2-13-5)6(10)7(11)12/h5H,1-2,4H2,(H,11,12). The van der Waals surface area contributed by atoms with Crippen LogP contribution in [0.15, 0.2) is 0 Å². The molecule has 0 aliphatic carbocycles. The second-order valence-corrected chi connectivity index (χ2v) is 2.54. The molecule has 6 nitrogen and oxygen atoms in total. The number of hydrogen-bond acceptors (Lipinski definition) is 4. The molecule has 0 aromatic carbocycles. The van der Waals surface area contributed by atoms with Crippen LogP contribution in [-0.4, -0.2) is 47.7 Å². The Balaban J connectivity index is 2.57. The molecule has 6 heteroatoms. The summed E-state index contributed by atoms with van der Waals surface area (Å²) in [6.07, 6.45) is -0.711. The molecule has 1 saturated heterocycles. The normalized spacial score (nSPS) is 22.1. The van der Waals surface area contributed by atoms with E-state index in [9.17, 15) is 9.59 Å². The SMILES string of the molecule is N#CC1CN(C(=O)C(=O)O)CCO1. The third kappa shape index (κ3) is 2.16. The first kappa shape index (κ1) is 9.48. The first-order chi connectivity index (χ1) is 6.15. The lowest BCUT2D eigenvalue weighted by Gasteiger charge is -2.28. The summed E-state index contributed by atoms with van der Waals surface area (Å²) in [7, 11) is 0. The lowest BCUT2D eigenvalue weighted by Crippen LogP contribution is -2.47. The molecule has 70 valence electrons. The molecule has 1 heterocycles. The minimum Gasteiger partial charge on any atom is -0.474 e. The molecule has 1 N–H and O–H groups in total. The van der Waals surface area contributed by atoms with Crippen molar-refractivity contribution in [1.82, 2.24) is 4.90 Å². The minimum absolute atomic E-state index is 0.0294. The van der Waals surface area contributed by atoms with Crippen LogP contribution < -0.4 is 0 Å². The van der Waals surface area contributed by atoms with Gasteiger partial charge in [-0.2, -0.15) is 5.26 Å². The van der Waals surface area contributed by atoms with Gasteiger partial charge in [0.05, 0.1) is 19.2 Å². The molecule has 0 saturated carbocycles. The number of morpholine rings is 1. The smallest absolute Gasteiger partial charge is 0.394 e. The van der Waals surface area contributed by atoms with E-state index in [0.717, 1.165) is 4.90 Å². The highest BCUT2D eigenvalue weighted by Crippen LogP contribution is 2.04. The van der Waals surface area contributed by atoms with E-state index in [2.05, 4.69) is 0 Å². The molecule has 1 unspecified atom stereocenters. The van der Waals surface area contributed by atoms with Gasteiger partial charge in [0.15, 0.2) is 6.10 Å². The summed E-state index contributed by atoms with van der Waals surface area (Å²) in [4.78, 5) is 22.3. The summed E-state index contributed by atoms with van der Waals surface area (Å²) in [5.74, 6) is -2.48. The number of amides is 1. The van der Waals surface area contributed by atoms with Crippen molar-refractivity contribution in [3.8, 4) is 6.07 Å². The fourth-order valence-corrected chi connectivity index (χ4v) is 1.05. The second kappa shape index (κ2) is 3.87. The van der Waals surface area contributed by atoms with Crippen LogP contribution in [0.25, 0.3) is 0 Å². The summed E-state index contributed by atoms with van der Waals surface area (Å²) < 4.78 is 4.94. The van der Waals surface area contributed by atoms with Gasteiger partial charge in [0.2, 0.25) is 0 Å². The molecule has 1 amide bonds. The Hall–Kier alpha value is -1.61. The predicted octanol–water partition coefficient (Wildman–Crippen LogP) is -1.18. The molecule has 1 aliphatic heterocycles. The van der Waals surface area contributed by atoms with Gasteiger partial charge >= 0.3 is 11.9 Å². The molecule has 1 aliphatic rings. The molecule has 0 spiro atoms. The molecule has 13 heavy (non-hydrogen) atoms. The molecule has 1 fully saturated rings. The van der Waals surface area contributed by atoms with Gasteiger partial charge in [-0.15, -0.1) is 0 Å². The molecule has 1 atom stereocenters. The lowest BCUT2D eigenvalue weighted by atomic mass is 10.3. The lowest BCUT2D eigenvalue weighted by molar-refractivity contribution is -0.158. The maximum atomic E-state index is 10.9. The molecule has 0 aromatic rings. The van der Waals surface area contributed by atoms with Gasteiger partial charge in [0.25, 0.3) is 0 Å². The minimum atomic E-state index is -1.50. The molecule has 1 rings (SSSR count). The van der Waals surface area contributed by atoms with Crippen molar-refractivity contribution >= 4 is 11.9 Å². The monoisotopic (exact) mass is 184 g/mol. The summed E-state index contributed by atoms with van der Waals surface area (Å²) in [6.45, 7) is 0.461. The largest absolute Gasteiger partial charge is 0.474 e. The van der Waals surface area contributed by atoms with Gasteiger partial charge in [-0.1, -0.05) is 0 Å². The van der Waals surface area contributed by atoms with Gasteiger partial charge in [-0.25, -0.2) is 4.79 Å². The molecular formula is C7H8N2O4. The van der Waals surface area contributed by atoms with Crippen LogP contribution in [0, 0.1) is 11.3 Å². The number of carboxylic acids is 1. The van der Waals surface area contributed by atoms with Crippen LogP contribution in [0.1, 0.15) is 0 Å². The van der Waals surface area contributed by atoms with Gasteiger partial charge in [-0.3, -0.25) is 4.79 Å². The fraction of sp³-hybridized carbons (Fsp3) is 0.571. The third-order valence-electron chi connectivity index (χ3n) is 1.68. The Labute approximate surface area is 74.3 Å². The molecule has 0 radical (unpaired) electrons. The summed E-state index contributed by atoms with van der Waals surface area (Å²) in [6, 6.07) is 1.82. The first-order valence-corrected chi connectivity index (χ1v) is 3.68. The Morgan fingerprint density at radius 2 is 2.31 bits per heavy atom. The van der Waals surface area contributed by atoms with Crippen molar-refractivity contribution < 1.29 is 19.4 Å². The van der Waals surface area contributed by atoms with Crippen molar-refractivity contribution in [2.75, 3.05) is 19.7 Å². The van der Waals surface area contributed by atoms with Crippen LogP contribution in [-0.2, 0) is 14.3 Å². The predicted molar refractivity (Wildman–Crippen MR) is 39.6 cm³/mol. The highest BCUT2D eigenvalue weighted by Gasteiger charge is 2.27. The van der Waals surface area contributed by atoms with Crippen molar-refractivity contribution in [3.05, 3.63) is 0 Å². The number of hydrogen-bond donors (Lipinski definition) is 1. The summed E-state index contributed by atoms with van der Waals surface area (Å²) in [5, 5.41) is 16.8. The molecule has 0 bridgehead atoms. The quantitative estimate of drug-likeness (QED) is 0.478. The Bertz CT molecular complexity index is 270. The number of nitriles is 1. The van der Waals surface area contributed by atoms with Crippen molar-refractivity contribution in [1.29, 1.82) is 5.26 Å². The van der Waals surface area contributed by atoms with Gasteiger partial charge in [0.1, 0.15) is 0 Å². The Morgan fingerprint density at radius 3 is 2.85 bits per heavy atom. The Kier molecular flexibility index (Phi) is 2.82. The van der Waals surface area contributed by atoms with E-state index in [1.54, 1.807) is 0 Å². The number of carbonyl (C=O) groups excluding carboxylic acids is 1. The van der Waals surface area contributed by atoms with E-state index in [1.165, 1.54) is 0 Å². The van der Waals surface area contributed by atoms with E-state index >= 15 is 0 Å². The van der Waals surface area contributed by atoms with E-state index in [-0.39, 0.29) is 19.7 Å². The summed E-state index contributed by atoms with van der Waals surface area (Å²) >= 11 is 0. The van der Waals surface area contributed by atoms with E-state index in [4.69, 9.17) is 15.1 Å². The first-order valence-electron chi connectivity index (χ1n) is 3.68. The molecular weight excluding hydrogens is 176 g/mol. The highest BCUT2D eigenvalue weighted by atomic mass is 16.5. The number of rotatable bonds is 0. The average Bonchev–Trinajstić information content (AvgIpc) is 2.16. The van der Waals surface area contributed by atoms with Crippen LogP contribution in [0.4, 0.5) is 0 Å². The maximum Gasteiger partial charge on any atom is 0.394 e. The third-order valence-corrected chi connectivity index (χ3v) is 1.68. The van der Waals surface area contributed by atoms with Crippen LogP contribution in [0.2, 0.25) is 0 Å². The number of nitrogens with zero attached hydrogens (tertiary/aromatic N) is 2. The van der Waals surface area contributed by atoms with Crippen LogP contribution in [0.5, 0.6) is 0 Å². The van der Waals surface area contributed by atoms with Crippen molar-refractivity contribution in [3.63, 3.8) is 0 Å². The zero-order valence-corrected chi connectivity index (χ0v) is 6.77. The topological polar surface area (TPSA) is 90.6 Å². The molecule has 0 aromatic heterocycles. The second-order valence-electron chi connectivity index (χ2n) is 2.54. The zero-order chi connectivity index (χ0) is 9.84. The zero-order valence-electron chi connectivity index (χ0n) is 6.77. The fourth-order valence-electron chi connectivity index (χ4n) is 1.05. The van der Waals surface area contributed by atoms with E-state index < -0.39 is 18.0 Å². The van der Waals surface area contributed by atoms with E-state index in [0.29, 0.717) is 0 Å². The average molecular weight is 184 g/mol. The van der Waals surface area contributed by atoms with Gasteiger partial charge < -0.3 is 14.7 Å². The van der Waals surface area contributed by atoms with Crippen molar-refractivity contribution in [2.45, 2.75) is 6.10 Å². The summed E-state index contributed by atoms with van der Waals surface area (Å²) in [5.41, 5.74) is 0.